The number of amides is 1. The van der Waals surface area contributed by atoms with Crippen molar-refractivity contribution in [3.8, 4) is 0 Å². The topological polar surface area (TPSA) is 32.3 Å². The summed E-state index contributed by atoms with van der Waals surface area (Å²) >= 11 is 0. The fourth-order valence-electron chi connectivity index (χ4n) is 4.25. The monoisotopic (exact) mass is 488 g/mol. The van der Waals surface area contributed by atoms with E-state index >= 15 is 0 Å². The fourth-order valence-corrected chi connectivity index (χ4v) is 4.25. The van der Waals surface area contributed by atoms with Gasteiger partial charge >= 0.3 is 0 Å². The first kappa shape index (κ1) is 35.6. The molecule has 0 spiro atoms. The van der Waals surface area contributed by atoms with E-state index in [4.69, 9.17) is 0 Å². The van der Waals surface area contributed by atoms with Gasteiger partial charge in [-0.05, 0) is 101 Å². The molecule has 0 bridgehead atoms. The Labute approximate surface area is 220 Å². The van der Waals surface area contributed by atoms with Crippen LogP contribution in [0.5, 0.6) is 0 Å². The minimum absolute atomic E-state index is 0.0550. The van der Waals surface area contributed by atoms with Crippen LogP contribution in [0.4, 0.5) is 0 Å². The molecule has 1 aliphatic heterocycles. The number of carbonyl (C=O) groups excluding carboxylic acids is 1. The van der Waals surface area contributed by atoms with Gasteiger partial charge in [-0.25, -0.2) is 0 Å². The predicted molar refractivity (Wildman–Crippen MR) is 159 cm³/mol. The van der Waals surface area contributed by atoms with Crippen LogP contribution in [0.1, 0.15) is 136 Å². The summed E-state index contributed by atoms with van der Waals surface area (Å²) in [7, 11) is 0. The second kappa shape index (κ2) is 21.7. The van der Waals surface area contributed by atoms with E-state index < -0.39 is 0 Å². The number of likely N-dealkylation sites (tertiary alicyclic amines) is 1. The number of nitrogens with zero attached hydrogens (tertiary/aromatic N) is 1. The van der Waals surface area contributed by atoms with E-state index in [1.165, 1.54) is 55.5 Å². The van der Waals surface area contributed by atoms with Gasteiger partial charge in [0.1, 0.15) is 0 Å². The molecule has 1 N–H and O–H groups in total. The highest BCUT2D eigenvalue weighted by atomic mass is 16.1. The van der Waals surface area contributed by atoms with Crippen molar-refractivity contribution in [2.24, 2.45) is 5.92 Å². The molecule has 1 aliphatic carbocycles. The van der Waals surface area contributed by atoms with Crippen molar-refractivity contribution in [3.05, 3.63) is 46.5 Å². The maximum Gasteiger partial charge on any atom is 0.251 e. The number of aryl methyl sites for hydroxylation is 1. The lowest BCUT2D eigenvalue weighted by molar-refractivity contribution is 0.0954. The molecule has 204 valence electrons. The molecule has 1 saturated heterocycles. The number of nitrogens with one attached hydrogen (secondary N) is 1. The molecule has 35 heavy (non-hydrogen) atoms. The van der Waals surface area contributed by atoms with Crippen molar-refractivity contribution in [2.45, 2.75) is 127 Å². The SMILES string of the molecule is C/C=C(\C)CCNC(=O)c1ccc(C)c(C2CCN(CC3CC3)C(C)C2)c1.CC.CC.CC.CC. The van der Waals surface area contributed by atoms with Gasteiger partial charge < -0.3 is 10.2 Å². The third-order valence-electron chi connectivity index (χ3n) is 6.48. The lowest BCUT2D eigenvalue weighted by Crippen LogP contribution is -2.41. The van der Waals surface area contributed by atoms with Crippen molar-refractivity contribution >= 4 is 5.91 Å². The summed E-state index contributed by atoms with van der Waals surface area (Å²) in [6.07, 6.45) is 8.29. The zero-order chi connectivity index (χ0) is 27.4. The first-order valence-corrected chi connectivity index (χ1v) is 14.7. The molecule has 2 unspecified atom stereocenters. The Hall–Kier alpha value is -1.61. The molecular formula is C32H60N2O. The van der Waals surface area contributed by atoms with E-state index in [0.29, 0.717) is 18.5 Å². The highest BCUT2D eigenvalue weighted by Crippen LogP contribution is 2.37. The van der Waals surface area contributed by atoms with E-state index in [-0.39, 0.29) is 5.91 Å². The lowest BCUT2D eigenvalue weighted by Gasteiger charge is -2.38. The third-order valence-corrected chi connectivity index (χ3v) is 6.48. The fraction of sp³-hybridized carbons (Fsp3) is 0.719. The summed E-state index contributed by atoms with van der Waals surface area (Å²) in [4.78, 5) is 15.3. The van der Waals surface area contributed by atoms with Gasteiger partial charge in [-0.1, -0.05) is 73.1 Å². The van der Waals surface area contributed by atoms with Gasteiger partial charge in [0, 0.05) is 24.7 Å². The van der Waals surface area contributed by atoms with E-state index in [1.54, 1.807) is 0 Å². The molecule has 1 aromatic rings. The molecule has 0 aromatic heterocycles. The van der Waals surface area contributed by atoms with E-state index in [1.807, 2.05) is 68.4 Å². The minimum atomic E-state index is 0.0550. The second-order valence-corrected chi connectivity index (χ2v) is 8.72. The standard InChI is InChI=1S/C24H36N2O.4C2H6/c1-5-17(2)10-12-25-24(27)22-9-6-18(3)23(15-22)21-11-13-26(19(4)14-21)16-20-7-8-20;4*1-2/h5-6,9,15,19-21H,7-8,10-14,16H2,1-4H3,(H,25,27);4*1-2H3/b17-5+;;;;. The normalized spacial score (nSPS) is 19.3. The van der Waals surface area contributed by atoms with Gasteiger partial charge in [0.2, 0.25) is 0 Å². The molecule has 2 aliphatic rings. The van der Waals surface area contributed by atoms with E-state index in [2.05, 4.69) is 49.2 Å². The zero-order valence-electron chi connectivity index (χ0n) is 25.6. The maximum atomic E-state index is 12.6. The van der Waals surface area contributed by atoms with Crippen molar-refractivity contribution in [3.63, 3.8) is 0 Å². The third kappa shape index (κ3) is 13.3. The molecule has 0 radical (unpaired) electrons. The molecule has 3 nitrogen and oxygen atoms in total. The Bertz CT molecular complexity index is 691. The maximum absolute atomic E-state index is 12.6. The molecule has 1 aromatic carbocycles. The first-order chi connectivity index (χ1) is 17.0. The largest absolute Gasteiger partial charge is 0.352 e. The average molecular weight is 489 g/mol. The molecule has 1 heterocycles. The van der Waals surface area contributed by atoms with Crippen LogP contribution >= 0.6 is 0 Å². The van der Waals surface area contributed by atoms with Gasteiger partial charge in [0.15, 0.2) is 0 Å². The van der Waals surface area contributed by atoms with Gasteiger partial charge in [0.05, 0.1) is 0 Å². The highest BCUT2D eigenvalue weighted by Gasteiger charge is 2.31. The van der Waals surface area contributed by atoms with Crippen LogP contribution in [-0.2, 0) is 0 Å². The highest BCUT2D eigenvalue weighted by molar-refractivity contribution is 5.94. The summed E-state index contributed by atoms with van der Waals surface area (Å²) in [5.74, 6) is 1.59. The van der Waals surface area contributed by atoms with Crippen LogP contribution < -0.4 is 5.32 Å². The molecule has 1 saturated carbocycles. The quantitative estimate of drug-likeness (QED) is 0.388. The molecule has 2 fully saturated rings. The molecule has 2 atom stereocenters. The van der Waals surface area contributed by atoms with Gasteiger partial charge in [0.25, 0.3) is 5.91 Å². The van der Waals surface area contributed by atoms with Crippen LogP contribution in [0.15, 0.2) is 29.8 Å². The number of piperidine rings is 1. The van der Waals surface area contributed by atoms with Gasteiger partial charge in [-0.15, -0.1) is 0 Å². The van der Waals surface area contributed by atoms with Crippen LogP contribution in [0.3, 0.4) is 0 Å². The van der Waals surface area contributed by atoms with Gasteiger partial charge in [-0.2, -0.15) is 0 Å². The zero-order valence-corrected chi connectivity index (χ0v) is 25.6. The van der Waals surface area contributed by atoms with Crippen molar-refractivity contribution in [1.82, 2.24) is 10.2 Å². The number of allylic oxidation sites excluding steroid dienone is 1. The summed E-state index contributed by atoms with van der Waals surface area (Å²) in [5, 5.41) is 3.07. The number of benzene rings is 1. The van der Waals surface area contributed by atoms with E-state index in [0.717, 1.165) is 17.9 Å². The summed E-state index contributed by atoms with van der Waals surface area (Å²) < 4.78 is 0. The predicted octanol–water partition coefficient (Wildman–Crippen LogP) is 9.16. The van der Waals surface area contributed by atoms with E-state index in [9.17, 15) is 4.79 Å². The van der Waals surface area contributed by atoms with Crippen molar-refractivity contribution < 1.29 is 4.79 Å². The van der Waals surface area contributed by atoms with Gasteiger partial charge in [-0.3, -0.25) is 4.79 Å². The number of hydrogen-bond donors (Lipinski definition) is 1. The molecule has 1 amide bonds. The molecule has 3 rings (SSSR count). The Morgan fingerprint density at radius 3 is 2.14 bits per heavy atom. The first-order valence-electron chi connectivity index (χ1n) is 14.7. The Balaban J connectivity index is 0. The Morgan fingerprint density at radius 1 is 1.03 bits per heavy atom. The summed E-state index contributed by atoms with van der Waals surface area (Å²) in [6.45, 7) is 27.9. The number of rotatable bonds is 7. The van der Waals surface area contributed by atoms with Crippen molar-refractivity contribution in [2.75, 3.05) is 19.6 Å². The second-order valence-electron chi connectivity index (χ2n) is 8.72. The Morgan fingerprint density at radius 2 is 1.63 bits per heavy atom. The number of carbonyl (C=O) groups is 1. The minimum Gasteiger partial charge on any atom is -0.352 e. The smallest absolute Gasteiger partial charge is 0.251 e. The lowest BCUT2D eigenvalue weighted by atomic mass is 9.83. The molecule has 3 heteroatoms. The van der Waals surface area contributed by atoms with Crippen molar-refractivity contribution in [1.29, 1.82) is 0 Å². The summed E-state index contributed by atoms with van der Waals surface area (Å²) in [5.41, 5.74) is 4.82. The van der Waals surface area contributed by atoms with Crippen LogP contribution in [0.25, 0.3) is 0 Å². The van der Waals surface area contributed by atoms with Crippen LogP contribution in [-0.4, -0.2) is 36.5 Å². The summed E-state index contributed by atoms with van der Waals surface area (Å²) in [6, 6.07) is 6.90. The Kier molecular flexibility index (Phi) is 22.0. The average Bonchev–Trinajstić information content (AvgIpc) is 3.74. The van der Waals surface area contributed by atoms with Crippen LogP contribution in [0.2, 0.25) is 0 Å². The molecular weight excluding hydrogens is 428 g/mol. The van der Waals surface area contributed by atoms with Crippen LogP contribution in [0, 0.1) is 12.8 Å². The number of hydrogen-bond acceptors (Lipinski definition) is 2.